The third kappa shape index (κ3) is 10.9. The van der Waals surface area contributed by atoms with Gasteiger partial charge in [-0.25, -0.2) is 22.1 Å². The van der Waals surface area contributed by atoms with Crippen molar-refractivity contribution in [3.05, 3.63) is 206 Å². The molecule has 0 amide bonds. The molecule has 0 aliphatic heterocycles. The fraction of sp³-hybridized carbons (Fsp3) is 0.138. The molecule has 66 heavy (non-hydrogen) atoms. The molecular formula is C58H44N4O2Pt2-6. The minimum Gasteiger partial charge on any atom is -0.669 e. The van der Waals surface area contributed by atoms with Crippen molar-refractivity contribution in [1.82, 2.24) is 19.1 Å². The van der Waals surface area contributed by atoms with Crippen LogP contribution in [0, 0.1) is 49.2 Å². The van der Waals surface area contributed by atoms with Gasteiger partial charge in [0.2, 0.25) is 11.8 Å². The van der Waals surface area contributed by atoms with Crippen molar-refractivity contribution in [2.24, 2.45) is 0 Å². The molecule has 0 fully saturated rings. The van der Waals surface area contributed by atoms with Crippen molar-refractivity contribution in [3.63, 3.8) is 0 Å². The minimum absolute atomic E-state index is 0. The number of hydrogen-bond acceptors (Lipinski definition) is 4. The number of ether oxygens (including phenoxy) is 2. The molecule has 0 aliphatic rings. The molecule has 6 nitrogen and oxygen atoms in total. The number of hydrogen-bond donors (Lipinski definition) is 0. The van der Waals surface area contributed by atoms with E-state index in [-0.39, 0.29) is 53.0 Å². The predicted molar refractivity (Wildman–Crippen MR) is 257 cm³/mol. The monoisotopic (exact) mass is 1220 g/mol. The third-order valence-electron chi connectivity index (χ3n) is 10.7. The summed E-state index contributed by atoms with van der Waals surface area (Å²) in [7, 11) is 0. The van der Waals surface area contributed by atoms with E-state index < -0.39 is 0 Å². The smallest absolute Gasteiger partial charge is 0.215 e. The van der Waals surface area contributed by atoms with Crippen LogP contribution in [0.3, 0.4) is 0 Å². The van der Waals surface area contributed by atoms with Crippen molar-refractivity contribution in [3.8, 4) is 46.5 Å². The van der Waals surface area contributed by atoms with E-state index in [0.717, 1.165) is 33.2 Å². The van der Waals surface area contributed by atoms with Crippen LogP contribution in [0.25, 0.3) is 54.7 Å². The van der Waals surface area contributed by atoms with Crippen LogP contribution in [0.4, 0.5) is 0 Å². The van der Waals surface area contributed by atoms with E-state index in [1.165, 1.54) is 21.5 Å². The average Bonchev–Trinajstić information content (AvgIpc) is 3.81. The zero-order chi connectivity index (χ0) is 44.8. The summed E-state index contributed by atoms with van der Waals surface area (Å²) in [6.45, 7) is 12.9. The number of nitrogens with zero attached hydrogens (tertiary/aromatic N) is 4. The van der Waals surface area contributed by atoms with E-state index in [2.05, 4.69) is 112 Å². The van der Waals surface area contributed by atoms with E-state index in [1.807, 2.05) is 97.1 Å². The van der Waals surface area contributed by atoms with Gasteiger partial charge >= 0.3 is 0 Å². The van der Waals surface area contributed by atoms with Crippen LogP contribution in [0.2, 0.25) is 0 Å². The van der Waals surface area contributed by atoms with Gasteiger partial charge in [-0.15, -0.1) is 0 Å². The van der Waals surface area contributed by atoms with E-state index in [0.29, 0.717) is 34.4 Å². The zero-order valence-corrected chi connectivity index (χ0v) is 41.8. The standard InChI is InChI=1S/C30H28N2O2.2C14H8N.2Pt/c1-29(2,3)23-13-15-31-27(19-23)33-25-11-7-9-21(17-25)22-10-8-12-26(18-22)34-28-20-24(14-16-32-28)30(4,5)6;2*1-2-15-13-9-5-3-7-11(13)12-8-4-6-10-14(12)15;;/h7-8,11-16,19-20H,1-6H3;2*3-10H;;/q-4;2*-1;;. The molecule has 6 aromatic carbocycles. The van der Waals surface area contributed by atoms with Crippen molar-refractivity contribution in [2.45, 2.75) is 52.4 Å². The maximum absolute atomic E-state index is 7.34. The Morgan fingerprint density at radius 1 is 0.470 bits per heavy atom. The van der Waals surface area contributed by atoms with E-state index in [1.54, 1.807) is 45.8 Å². The van der Waals surface area contributed by atoms with Crippen LogP contribution in [-0.2, 0) is 53.0 Å². The fourth-order valence-electron chi connectivity index (χ4n) is 7.37. The molecule has 4 aromatic heterocycles. The van der Waals surface area contributed by atoms with Gasteiger partial charge in [0.05, 0.1) is 22.1 Å². The van der Waals surface area contributed by atoms with E-state index >= 15 is 0 Å². The molecule has 8 heteroatoms. The molecule has 0 N–H and O–H groups in total. The molecule has 0 spiro atoms. The quantitative estimate of drug-likeness (QED) is 0.127. The molecule has 0 atom stereocenters. The fourth-order valence-corrected chi connectivity index (χ4v) is 7.37. The second kappa shape index (κ2) is 21.1. The normalized spacial score (nSPS) is 10.9. The molecule has 334 valence electrons. The van der Waals surface area contributed by atoms with E-state index in [9.17, 15) is 0 Å². The van der Waals surface area contributed by atoms with Crippen LogP contribution in [0.15, 0.2) is 158 Å². The molecule has 0 saturated carbocycles. The van der Waals surface area contributed by atoms with Gasteiger partial charge in [0.1, 0.15) is 0 Å². The number of aromatic nitrogens is 4. The Morgan fingerprint density at radius 2 is 0.788 bits per heavy atom. The Balaban J connectivity index is 0.000000185. The van der Waals surface area contributed by atoms with Gasteiger partial charge < -0.3 is 66.8 Å². The van der Waals surface area contributed by atoms with Crippen LogP contribution in [0.5, 0.6) is 23.3 Å². The molecule has 0 radical (unpaired) electrons. The Labute approximate surface area is 416 Å². The summed E-state index contributed by atoms with van der Waals surface area (Å²) in [5, 5.41) is 4.70. The Bertz CT molecular complexity index is 3030. The van der Waals surface area contributed by atoms with Gasteiger partial charge in [-0.2, -0.15) is 12.1 Å². The molecule has 4 heterocycles. The topological polar surface area (TPSA) is 54.1 Å². The van der Waals surface area contributed by atoms with Crippen LogP contribution < -0.4 is 9.47 Å². The van der Waals surface area contributed by atoms with Gasteiger partial charge in [0, 0.05) is 88.2 Å². The maximum Gasteiger partial charge on any atom is 0.215 e. The first kappa shape index (κ1) is 48.8. The molecule has 0 saturated heterocycles. The largest absolute Gasteiger partial charge is 0.669 e. The summed E-state index contributed by atoms with van der Waals surface area (Å²) in [4.78, 5) is 8.68. The molecule has 10 aromatic rings. The Kier molecular flexibility index (Phi) is 15.6. The minimum atomic E-state index is 0. The molecule has 10 rings (SSSR count). The Morgan fingerprint density at radius 3 is 1.09 bits per heavy atom. The number of rotatable bonds is 5. The molecular weight excluding hydrogens is 1170 g/mol. The zero-order valence-electron chi connectivity index (χ0n) is 37.2. The second-order valence-corrected chi connectivity index (χ2v) is 17.1. The third-order valence-corrected chi connectivity index (χ3v) is 10.7. The summed E-state index contributed by atoms with van der Waals surface area (Å²) >= 11 is 0. The first-order valence-electron chi connectivity index (χ1n) is 20.9. The van der Waals surface area contributed by atoms with Gasteiger partial charge in [-0.05, 0) is 58.4 Å². The van der Waals surface area contributed by atoms with Crippen molar-refractivity contribution in [2.75, 3.05) is 0 Å². The first-order valence-corrected chi connectivity index (χ1v) is 20.9. The SMILES string of the molecule is CC(C)(C)c1ccnc(Oc2[c-]c(-c3[c-]ccc(Oc4cc(C(C)(C)C)ccn4)[c-]3)[c-]cc2)c1.[C-]#Cn1c2ccccc2c2ccccc21.[C-]#Cn1c2ccccc2c2ccccc21.[Pt].[Pt]. The van der Waals surface area contributed by atoms with Crippen LogP contribution >= 0.6 is 0 Å². The van der Waals surface area contributed by atoms with Crippen LogP contribution in [-0.4, -0.2) is 19.1 Å². The van der Waals surface area contributed by atoms with Gasteiger partial charge in [0.25, 0.3) is 0 Å². The molecule has 0 bridgehead atoms. The maximum atomic E-state index is 7.34. The summed E-state index contributed by atoms with van der Waals surface area (Å²) in [5.41, 5.74) is 7.80. The average molecular weight is 1220 g/mol. The number of fused-ring (bicyclic) bond motifs is 6. The second-order valence-electron chi connectivity index (χ2n) is 17.1. The van der Waals surface area contributed by atoms with E-state index in [4.69, 9.17) is 22.3 Å². The number of para-hydroxylation sites is 4. The van der Waals surface area contributed by atoms with Gasteiger partial charge in [-0.1, -0.05) is 126 Å². The van der Waals surface area contributed by atoms with Gasteiger partial charge in [-0.3, -0.25) is 12.1 Å². The van der Waals surface area contributed by atoms with Gasteiger partial charge in [0.15, 0.2) is 0 Å². The summed E-state index contributed by atoms with van der Waals surface area (Å²) in [5.74, 6) is 2.13. The molecule has 0 unspecified atom stereocenters. The summed E-state index contributed by atoms with van der Waals surface area (Å²) < 4.78 is 15.5. The first-order chi connectivity index (χ1) is 30.9. The predicted octanol–water partition coefficient (Wildman–Crippen LogP) is 13.9. The van der Waals surface area contributed by atoms with Crippen LogP contribution in [0.1, 0.15) is 52.7 Å². The summed E-state index contributed by atoms with van der Waals surface area (Å²) in [6.07, 6.45) is 18.2. The van der Waals surface area contributed by atoms with Crippen molar-refractivity contribution >= 4 is 43.6 Å². The number of pyridine rings is 2. The number of benzene rings is 6. The van der Waals surface area contributed by atoms with Crippen molar-refractivity contribution < 1.29 is 51.6 Å². The summed E-state index contributed by atoms with van der Waals surface area (Å²) in [6, 6.07) is 65.2. The molecule has 0 aliphatic carbocycles. The Hall–Kier alpha value is -6.68. The van der Waals surface area contributed by atoms with Crippen molar-refractivity contribution in [1.29, 1.82) is 0 Å².